The number of aromatic nitrogens is 3. The number of anilines is 1. The van der Waals surface area contributed by atoms with Crippen LogP contribution in [0, 0.1) is 5.82 Å². The lowest BCUT2D eigenvalue weighted by Gasteiger charge is -2.26. The molecule has 1 aliphatic rings. The molecular weight excluding hydrogens is 405 g/mol. The van der Waals surface area contributed by atoms with Gasteiger partial charge in [0, 0.05) is 31.4 Å². The zero-order chi connectivity index (χ0) is 22.0. The van der Waals surface area contributed by atoms with E-state index < -0.39 is 17.5 Å². The molecule has 3 aromatic rings. The Kier molecular flexibility index (Phi) is 5.52. The number of carbonyl (C=O) groups excluding carboxylic acids is 2. The van der Waals surface area contributed by atoms with Gasteiger partial charge in [-0.2, -0.15) is 0 Å². The molecule has 31 heavy (non-hydrogen) atoms. The molecule has 0 bridgehead atoms. The van der Waals surface area contributed by atoms with E-state index in [1.165, 1.54) is 28.7 Å². The van der Waals surface area contributed by atoms with Crippen LogP contribution in [0.5, 0.6) is 5.75 Å². The van der Waals surface area contributed by atoms with Crippen LogP contribution in [0.2, 0.25) is 0 Å². The molecule has 1 aromatic heterocycles. The minimum absolute atomic E-state index is 0.0400. The van der Waals surface area contributed by atoms with Crippen molar-refractivity contribution in [1.82, 2.24) is 19.2 Å². The monoisotopic (exact) mass is 425 g/mol. The molecular formula is C21H20FN5O4. The fourth-order valence-electron chi connectivity index (χ4n) is 3.41. The molecule has 0 aliphatic carbocycles. The highest BCUT2D eigenvalue weighted by Gasteiger charge is 2.30. The van der Waals surface area contributed by atoms with Gasteiger partial charge in [-0.25, -0.2) is 13.9 Å². The summed E-state index contributed by atoms with van der Waals surface area (Å²) in [7, 11) is 1.52. The van der Waals surface area contributed by atoms with Crippen molar-refractivity contribution in [1.29, 1.82) is 0 Å². The maximum absolute atomic E-state index is 13.4. The topological polar surface area (TPSA) is 98.5 Å². The molecule has 9 nitrogen and oxygen atoms in total. The van der Waals surface area contributed by atoms with Gasteiger partial charge < -0.3 is 15.0 Å². The zero-order valence-corrected chi connectivity index (χ0v) is 16.7. The van der Waals surface area contributed by atoms with E-state index in [0.29, 0.717) is 17.0 Å². The molecule has 2 amide bonds. The Morgan fingerprint density at radius 3 is 2.74 bits per heavy atom. The van der Waals surface area contributed by atoms with Gasteiger partial charge in [0.05, 0.1) is 7.11 Å². The van der Waals surface area contributed by atoms with Crippen molar-refractivity contribution in [2.45, 2.75) is 19.6 Å². The number of amides is 2. The normalized spacial score (nSPS) is 13.1. The molecule has 0 saturated carbocycles. The number of fused-ring (bicyclic) bond motifs is 1. The second-order valence-electron chi connectivity index (χ2n) is 7.05. The van der Waals surface area contributed by atoms with Gasteiger partial charge in [0.15, 0.2) is 0 Å². The van der Waals surface area contributed by atoms with Crippen LogP contribution >= 0.6 is 0 Å². The van der Waals surface area contributed by atoms with Gasteiger partial charge in [0.25, 0.3) is 5.91 Å². The van der Waals surface area contributed by atoms with Crippen molar-refractivity contribution in [3.05, 3.63) is 76.2 Å². The van der Waals surface area contributed by atoms with E-state index in [4.69, 9.17) is 4.74 Å². The number of nitrogens with one attached hydrogen (secondary N) is 1. The van der Waals surface area contributed by atoms with E-state index in [1.54, 1.807) is 36.4 Å². The third-order valence-corrected chi connectivity index (χ3v) is 4.90. The summed E-state index contributed by atoms with van der Waals surface area (Å²) >= 11 is 0. The lowest BCUT2D eigenvalue weighted by atomic mass is 10.2. The molecule has 2 heterocycles. The number of halogens is 1. The molecule has 10 heteroatoms. The number of hydrogen-bond acceptors (Lipinski definition) is 5. The highest BCUT2D eigenvalue weighted by Crippen LogP contribution is 2.17. The fraction of sp³-hybridized carbons (Fsp3) is 0.238. The minimum atomic E-state index is -0.533. The average molecular weight is 425 g/mol. The minimum Gasteiger partial charge on any atom is -0.497 e. The molecule has 0 spiro atoms. The molecule has 160 valence electrons. The number of nitrogens with zero attached hydrogens (tertiary/aromatic N) is 4. The first-order valence-corrected chi connectivity index (χ1v) is 9.60. The Morgan fingerprint density at radius 1 is 1.16 bits per heavy atom. The second-order valence-corrected chi connectivity index (χ2v) is 7.05. The van der Waals surface area contributed by atoms with Crippen LogP contribution < -0.4 is 15.7 Å². The van der Waals surface area contributed by atoms with E-state index in [-0.39, 0.29) is 37.8 Å². The molecule has 0 fully saturated rings. The van der Waals surface area contributed by atoms with Crippen molar-refractivity contribution in [3.63, 3.8) is 0 Å². The van der Waals surface area contributed by atoms with Crippen LogP contribution in [0.3, 0.4) is 0 Å². The van der Waals surface area contributed by atoms with Crippen LogP contribution in [0.1, 0.15) is 16.2 Å². The van der Waals surface area contributed by atoms with Gasteiger partial charge >= 0.3 is 5.69 Å². The van der Waals surface area contributed by atoms with Crippen molar-refractivity contribution < 1.29 is 18.7 Å². The predicted molar refractivity (Wildman–Crippen MR) is 109 cm³/mol. The highest BCUT2D eigenvalue weighted by molar-refractivity contribution is 5.92. The summed E-state index contributed by atoms with van der Waals surface area (Å²) in [5.74, 6) is -0.752. The summed E-state index contributed by atoms with van der Waals surface area (Å²) in [6, 6.07) is 12.8. The number of ether oxygens (including phenoxy) is 1. The molecule has 0 saturated heterocycles. The van der Waals surface area contributed by atoms with Gasteiger partial charge in [0.1, 0.15) is 18.1 Å². The average Bonchev–Trinajstić information content (AvgIpc) is 3.06. The van der Waals surface area contributed by atoms with Crippen LogP contribution in [-0.4, -0.2) is 44.7 Å². The molecule has 0 atom stereocenters. The summed E-state index contributed by atoms with van der Waals surface area (Å²) < 4.78 is 20.8. The van der Waals surface area contributed by atoms with E-state index in [9.17, 15) is 18.8 Å². The summed E-state index contributed by atoms with van der Waals surface area (Å²) in [6.45, 7) is 0.387. The van der Waals surface area contributed by atoms with Gasteiger partial charge in [-0.15, -0.1) is 5.10 Å². The maximum Gasteiger partial charge on any atom is 0.346 e. The summed E-state index contributed by atoms with van der Waals surface area (Å²) in [5, 5.41) is 6.74. The first-order chi connectivity index (χ1) is 14.9. The van der Waals surface area contributed by atoms with Crippen LogP contribution in [0.4, 0.5) is 10.1 Å². The molecule has 2 aromatic carbocycles. The predicted octanol–water partition coefficient (Wildman–Crippen LogP) is 1.49. The quantitative estimate of drug-likeness (QED) is 0.645. The van der Waals surface area contributed by atoms with Crippen molar-refractivity contribution >= 4 is 17.5 Å². The Hall–Kier alpha value is -3.95. The highest BCUT2D eigenvalue weighted by atomic mass is 19.1. The maximum atomic E-state index is 13.4. The van der Waals surface area contributed by atoms with Gasteiger partial charge in [-0.05, 0) is 29.8 Å². The van der Waals surface area contributed by atoms with E-state index >= 15 is 0 Å². The van der Waals surface area contributed by atoms with Crippen molar-refractivity contribution in [2.24, 2.45) is 0 Å². The SMILES string of the molecule is COc1cccc(NC(=O)Cn2nc3n(c2=O)CCN(Cc2cccc(F)c2)C3=O)c1. The van der Waals surface area contributed by atoms with Gasteiger partial charge in [0.2, 0.25) is 11.7 Å². The van der Waals surface area contributed by atoms with Gasteiger partial charge in [-0.3, -0.25) is 14.2 Å². The Bertz CT molecular complexity index is 1200. The van der Waals surface area contributed by atoms with E-state index in [1.807, 2.05) is 0 Å². The fourth-order valence-corrected chi connectivity index (χ4v) is 3.41. The number of methoxy groups -OCH3 is 1. The standard InChI is InChI=1S/C21H20FN5O4/c1-31-17-7-3-6-16(11-17)23-18(28)13-27-21(30)26-9-8-25(20(29)19(26)24-27)12-14-4-2-5-15(22)10-14/h2-7,10-11H,8-9,12-13H2,1H3,(H,23,28). The number of rotatable bonds is 6. The summed E-state index contributed by atoms with van der Waals surface area (Å²) in [5.41, 5.74) is 0.620. The molecule has 0 radical (unpaired) electrons. The molecule has 4 rings (SSSR count). The second kappa shape index (κ2) is 8.42. The smallest absolute Gasteiger partial charge is 0.346 e. The molecule has 1 N–H and O–H groups in total. The Balaban J connectivity index is 1.48. The van der Waals surface area contributed by atoms with E-state index in [2.05, 4.69) is 10.4 Å². The molecule has 0 unspecified atom stereocenters. The van der Waals surface area contributed by atoms with Crippen molar-refractivity contribution in [2.75, 3.05) is 19.0 Å². The first-order valence-electron chi connectivity index (χ1n) is 9.60. The Labute approximate surface area is 176 Å². The zero-order valence-electron chi connectivity index (χ0n) is 16.7. The molecule has 1 aliphatic heterocycles. The summed E-state index contributed by atoms with van der Waals surface area (Å²) in [4.78, 5) is 39.3. The van der Waals surface area contributed by atoms with E-state index in [0.717, 1.165) is 4.68 Å². The third-order valence-electron chi connectivity index (χ3n) is 4.90. The third kappa shape index (κ3) is 4.32. The summed E-state index contributed by atoms with van der Waals surface area (Å²) in [6.07, 6.45) is 0. The number of hydrogen-bond donors (Lipinski definition) is 1. The van der Waals surface area contributed by atoms with Crippen LogP contribution in [-0.2, 0) is 24.4 Å². The van der Waals surface area contributed by atoms with Crippen LogP contribution in [0.15, 0.2) is 53.3 Å². The lowest BCUT2D eigenvalue weighted by molar-refractivity contribution is -0.117. The van der Waals surface area contributed by atoms with Gasteiger partial charge in [-0.1, -0.05) is 18.2 Å². The number of benzene rings is 2. The Morgan fingerprint density at radius 2 is 1.97 bits per heavy atom. The van der Waals surface area contributed by atoms with Crippen molar-refractivity contribution in [3.8, 4) is 5.75 Å². The first kappa shape index (κ1) is 20.3. The van der Waals surface area contributed by atoms with Crippen LogP contribution in [0.25, 0.3) is 0 Å². The largest absolute Gasteiger partial charge is 0.497 e. The lowest BCUT2D eigenvalue weighted by Crippen LogP contribution is -2.42. The number of carbonyl (C=O) groups is 2.